The second-order valence-electron chi connectivity index (χ2n) is 3.45. The van der Waals surface area contributed by atoms with Crippen LogP contribution in [0.25, 0.3) is 0 Å². The molecule has 0 bridgehead atoms. The quantitative estimate of drug-likeness (QED) is 0.769. The van der Waals surface area contributed by atoms with Gasteiger partial charge in [0.05, 0.1) is 3.79 Å². The summed E-state index contributed by atoms with van der Waals surface area (Å²) in [6.07, 6.45) is 0. The molecule has 0 aliphatic heterocycles. The number of nitrogens with one attached hydrogen (secondary N) is 1. The van der Waals surface area contributed by atoms with Gasteiger partial charge in [0.2, 0.25) is 0 Å². The summed E-state index contributed by atoms with van der Waals surface area (Å²) in [4.78, 5) is 2.72. The SMILES string of the molecule is C[C@@H](NCc1cc(Br)c(Br)s1)c1cccs1. The molecular weight excluding hydrogens is 370 g/mol. The van der Waals surface area contributed by atoms with Gasteiger partial charge < -0.3 is 5.32 Å². The lowest BCUT2D eigenvalue weighted by molar-refractivity contribution is 0.587. The van der Waals surface area contributed by atoms with Crippen LogP contribution >= 0.6 is 54.5 Å². The fourth-order valence-corrected chi connectivity index (χ4v) is 4.26. The number of hydrogen-bond acceptors (Lipinski definition) is 3. The first-order valence-electron chi connectivity index (χ1n) is 4.87. The van der Waals surface area contributed by atoms with Crippen molar-refractivity contribution in [3.05, 3.63) is 41.6 Å². The van der Waals surface area contributed by atoms with Crippen molar-refractivity contribution in [1.82, 2.24) is 5.32 Å². The number of hydrogen-bond donors (Lipinski definition) is 1. The summed E-state index contributed by atoms with van der Waals surface area (Å²) in [5.74, 6) is 0. The van der Waals surface area contributed by atoms with Crippen molar-refractivity contribution in [2.24, 2.45) is 0 Å². The Morgan fingerprint density at radius 2 is 2.25 bits per heavy atom. The lowest BCUT2D eigenvalue weighted by atomic mass is 10.3. The Bertz CT molecular complexity index is 431. The van der Waals surface area contributed by atoms with E-state index in [4.69, 9.17) is 0 Å². The van der Waals surface area contributed by atoms with E-state index in [1.165, 1.54) is 9.75 Å². The first kappa shape index (κ1) is 12.8. The highest BCUT2D eigenvalue weighted by Crippen LogP contribution is 2.32. The normalized spacial score (nSPS) is 12.9. The van der Waals surface area contributed by atoms with Crippen LogP contribution in [0, 0.1) is 0 Å². The van der Waals surface area contributed by atoms with Crippen molar-refractivity contribution >= 4 is 54.5 Å². The summed E-state index contributed by atoms with van der Waals surface area (Å²) < 4.78 is 2.30. The van der Waals surface area contributed by atoms with Crippen LogP contribution in [-0.2, 0) is 6.54 Å². The van der Waals surface area contributed by atoms with Crippen molar-refractivity contribution in [1.29, 1.82) is 0 Å². The first-order chi connectivity index (χ1) is 7.66. The van der Waals surface area contributed by atoms with Crippen molar-refractivity contribution < 1.29 is 0 Å². The van der Waals surface area contributed by atoms with Crippen LogP contribution < -0.4 is 5.32 Å². The number of thiophene rings is 2. The third-order valence-corrected chi connectivity index (χ3v) is 6.56. The third-order valence-electron chi connectivity index (χ3n) is 2.25. The van der Waals surface area contributed by atoms with E-state index in [2.05, 4.69) is 67.7 Å². The number of rotatable bonds is 4. The van der Waals surface area contributed by atoms with Gasteiger partial charge in [-0.2, -0.15) is 0 Å². The summed E-state index contributed by atoms with van der Waals surface area (Å²) in [5.41, 5.74) is 0. The van der Waals surface area contributed by atoms with E-state index >= 15 is 0 Å². The van der Waals surface area contributed by atoms with Gasteiger partial charge >= 0.3 is 0 Å². The molecule has 0 saturated heterocycles. The van der Waals surface area contributed by atoms with Gasteiger partial charge in [0, 0.05) is 26.8 Å². The van der Waals surface area contributed by atoms with Gasteiger partial charge in [-0.3, -0.25) is 0 Å². The third kappa shape index (κ3) is 3.17. The molecule has 5 heteroatoms. The highest BCUT2D eigenvalue weighted by Gasteiger charge is 2.08. The van der Waals surface area contributed by atoms with Crippen molar-refractivity contribution in [2.75, 3.05) is 0 Å². The van der Waals surface area contributed by atoms with Crippen LogP contribution in [-0.4, -0.2) is 0 Å². The molecular formula is C11H11Br2NS2. The van der Waals surface area contributed by atoms with Crippen LogP contribution in [0.4, 0.5) is 0 Å². The van der Waals surface area contributed by atoms with Crippen LogP contribution in [0.5, 0.6) is 0 Å². The molecule has 0 aliphatic carbocycles. The zero-order valence-electron chi connectivity index (χ0n) is 8.67. The molecule has 0 radical (unpaired) electrons. The molecule has 0 saturated carbocycles. The molecule has 0 spiro atoms. The van der Waals surface area contributed by atoms with Gasteiger partial charge in [0.1, 0.15) is 0 Å². The average molecular weight is 381 g/mol. The molecule has 2 aromatic heterocycles. The zero-order valence-corrected chi connectivity index (χ0v) is 13.5. The summed E-state index contributed by atoms with van der Waals surface area (Å²) in [6, 6.07) is 6.83. The minimum absolute atomic E-state index is 0.416. The topological polar surface area (TPSA) is 12.0 Å². The molecule has 2 aromatic rings. The zero-order chi connectivity index (χ0) is 11.5. The van der Waals surface area contributed by atoms with Crippen LogP contribution in [0.3, 0.4) is 0 Å². The second-order valence-corrected chi connectivity index (χ2v) is 7.74. The molecule has 2 heterocycles. The minimum atomic E-state index is 0.416. The van der Waals surface area contributed by atoms with Gasteiger partial charge in [0.25, 0.3) is 0 Å². The van der Waals surface area contributed by atoms with Gasteiger partial charge in [-0.05, 0) is 56.3 Å². The molecule has 0 unspecified atom stereocenters. The predicted octanol–water partition coefficient (Wildman–Crippen LogP) is 5.19. The van der Waals surface area contributed by atoms with E-state index in [1.54, 1.807) is 22.7 Å². The van der Waals surface area contributed by atoms with Gasteiger partial charge in [-0.25, -0.2) is 0 Å². The van der Waals surface area contributed by atoms with Crippen LogP contribution in [0.15, 0.2) is 31.8 Å². The molecule has 1 atom stereocenters. The Kier molecular flexibility index (Phi) is 4.61. The summed E-state index contributed by atoms with van der Waals surface area (Å²) >= 11 is 10.6. The lowest BCUT2D eigenvalue weighted by Crippen LogP contribution is -2.16. The number of halogens is 2. The molecule has 0 fully saturated rings. The molecule has 0 amide bonds. The summed E-state index contributed by atoms with van der Waals surface area (Å²) in [5, 5.41) is 5.64. The smallest absolute Gasteiger partial charge is 0.0843 e. The van der Waals surface area contributed by atoms with E-state index in [9.17, 15) is 0 Å². The molecule has 1 N–H and O–H groups in total. The van der Waals surface area contributed by atoms with Crippen LogP contribution in [0.1, 0.15) is 22.7 Å². The minimum Gasteiger partial charge on any atom is -0.305 e. The average Bonchev–Trinajstić information content (AvgIpc) is 2.86. The van der Waals surface area contributed by atoms with Gasteiger partial charge in [-0.15, -0.1) is 22.7 Å². The Morgan fingerprint density at radius 3 is 2.81 bits per heavy atom. The maximum Gasteiger partial charge on any atom is 0.0843 e. The van der Waals surface area contributed by atoms with Crippen molar-refractivity contribution in [3.63, 3.8) is 0 Å². The Hall–Kier alpha value is 0.320. The largest absolute Gasteiger partial charge is 0.305 e. The standard InChI is InChI=1S/C11H11Br2NS2/c1-7(10-3-2-4-15-10)14-6-8-5-9(12)11(13)16-8/h2-5,7,14H,6H2,1H3/t7-/m1/s1. The van der Waals surface area contributed by atoms with Crippen LogP contribution in [0.2, 0.25) is 0 Å². The van der Waals surface area contributed by atoms with Crippen molar-refractivity contribution in [2.45, 2.75) is 19.5 Å². The van der Waals surface area contributed by atoms with E-state index in [1.807, 2.05) is 0 Å². The Labute approximate surface area is 120 Å². The van der Waals surface area contributed by atoms with E-state index < -0.39 is 0 Å². The summed E-state index contributed by atoms with van der Waals surface area (Å²) in [6.45, 7) is 3.11. The van der Waals surface area contributed by atoms with E-state index in [0.717, 1.165) is 14.8 Å². The Balaban J connectivity index is 1.92. The molecule has 1 nitrogen and oxygen atoms in total. The highest BCUT2D eigenvalue weighted by molar-refractivity contribution is 9.13. The maximum absolute atomic E-state index is 3.52. The summed E-state index contributed by atoms with van der Waals surface area (Å²) in [7, 11) is 0. The second kappa shape index (κ2) is 5.78. The predicted molar refractivity (Wildman–Crippen MR) is 79.3 cm³/mol. The molecule has 0 aromatic carbocycles. The first-order valence-corrected chi connectivity index (χ1v) is 8.15. The molecule has 86 valence electrons. The van der Waals surface area contributed by atoms with E-state index in [0.29, 0.717) is 6.04 Å². The van der Waals surface area contributed by atoms with Gasteiger partial charge in [-0.1, -0.05) is 6.07 Å². The monoisotopic (exact) mass is 379 g/mol. The molecule has 0 aliphatic rings. The Morgan fingerprint density at radius 1 is 1.44 bits per heavy atom. The van der Waals surface area contributed by atoms with E-state index in [-0.39, 0.29) is 0 Å². The maximum atomic E-state index is 3.52. The lowest BCUT2D eigenvalue weighted by Gasteiger charge is -2.10. The fourth-order valence-electron chi connectivity index (χ4n) is 1.37. The fraction of sp³-hybridized carbons (Fsp3) is 0.273. The van der Waals surface area contributed by atoms with Gasteiger partial charge in [0.15, 0.2) is 0 Å². The van der Waals surface area contributed by atoms with Crippen molar-refractivity contribution in [3.8, 4) is 0 Å². The molecule has 2 rings (SSSR count). The molecule has 16 heavy (non-hydrogen) atoms. The highest BCUT2D eigenvalue weighted by atomic mass is 79.9.